The second-order valence-corrected chi connectivity index (χ2v) is 3.95. The first kappa shape index (κ1) is 14.0. The number of benzene rings is 1. The van der Waals surface area contributed by atoms with Gasteiger partial charge in [-0.15, -0.1) is 0 Å². The third kappa shape index (κ3) is 3.44. The van der Waals surface area contributed by atoms with Crippen LogP contribution in [0, 0.1) is 17.0 Å². The van der Waals surface area contributed by atoms with Gasteiger partial charge in [0.25, 0.3) is 5.69 Å². The fourth-order valence-corrected chi connectivity index (χ4v) is 1.74. The van der Waals surface area contributed by atoms with E-state index in [-0.39, 0.29) is 12.1 Å². The number of nitro benzene ring substituents is 1. The molecule has 0 bridgehead atoms. The van der Waals surface area contributed by atoms with Gasteiger partial charge in [0.05, 0.1) is 11.3 Å². The lowest BCUT2D eigenvalue weighted by Gasteiger charge is -2.22. The smallest absolute Gasteiger partial charge is 0.305 e. The van der Waals surface area contributed by atoms with Crippen molar-refractivity contribution in [3.05, 3.63) is 33.9 Å². The third-order valence-corrected chi connectivity index (χ3v) is 2.72. The molecular formula is C12H16N2O4. The van der Waals surface area contributed by atoms with Gasteiger partial charge in [0.15, 0.2) is 0 Å². The molecule has 0 fully saturated rings. The first-order valence-electron chi connectivity index (χ1n) is 5.67. The molecular weight excluding hydrogens is 236 g/mol. The first-order valence-corrected chi connectivity index (χ1v) is 5.67. The van der Waals surface area contributed by atoms with E-state index in [0.717, 1.165) is 5.69 Å². The van der Waals surface area contributed by atoms with Crippen molar-refractivity contribution >= 4 is 17.3 Å². The average Bonchev–Trinajstić information content (AvgIpc) is 2.29. The number of nitro groups is 1. The van der Waals surface area contributed by atoms with Crippen molar-refractivity contribution in [3.8, 4) is 0 Å². The quantitative estimate of drug-likeness (QED) is 0.619. The molecule has 0 aliphatic rings. The molecule has 6 heteroatoms. The van der Waals surface area contributed by atoms with Crippen molar-refractivity contribution in [3.63, 3.8) is 0 Å². The van der Waals surface area contributed by atoms with E-state index in [1.165, 1.54) is 6.07 Å². The van der Waals surface area contributed by atoms with Crippen LogP contribution in [0.15, 0.2) is 18.2 Å². The van der Waals surface area contributed by atoms with Crippen molar-refractivity contribution in [1.29, 1.82) is 0 Å². The van der Waals surface area contributed by atoms with Crippen LogP contribution >= 0.6 is 0 Å². The summed E-state index contributed by atoms with van der Waals surface area (Å²) in [6, 6.07) is 4.81. The molecule has 6 nitrogen and oxygen atoms in total. The lowest BCUT2D eigenvalue weighted by molar-refractivity contribution is -0.385. The Bertz CT molecular complexity index is 459. The third-order valence-electron chi connectivity index (χ3n) is 2.72. The Morgan fingerprint density at radius 3 is 2.61 bits per heavy atom. The predicted molar refractivity (Wildman–Crippen MR) is 68.0 cm³/mol. The van der Waals surface area contributed by atoms with Crippen molar-refractivity contribution in [1.82, 2.24) is 0 Å². The van der Waals surface area contributed by atoms with Crippen LogP contribution in [0.3, 0.4) is 0 Å². The molecule has 0 heterocycles. The van der Waals surface area contributed by atoms with E-state index in [2.05, 4.69) is 0 Å². The van der Waals surface area contributed by atoms with E-state index in [4.69, 9.17) is 5.11 Å². The summed E-state index contributed by atoms with van der Waals surface area (Å²) in [7, 11) is 0. The molecule has 0 spiro atoms. The zero-order valence-corrected chi connectivity index (χ0v) is 10.4. The number of aryl methyl sites for hydroxylation is 1. The van der Waals surface area contributed by atoms with Gasteiger partial charge in [-0.1, -0.05) is 0 Å². The number of carbonyl (C=O) groups is 1. The molecule has 1 aromatic rings. The van der Waals surface area contributed by atoms with Crippen LogP contribution < -0.4 is 4.90 Å². The zero-order valence-electron chi connectivity index (χ0n) is 10.4. The Balaban J connectivity index is 2.90. The molecule has 1 N–H and O–H groups in total. The molecule has 1 aromatic carbocycles. The largest absolute Gasteiger partial charge is 0.481 e. The lowest BCUT2D eigenvalue weighted by Crippen LogP contribution is -2.25. The molecule has 1 rings (SSSR count). The lowest BCUT2D eigenvalue weighted by atomic mass is 10.1. The second kappa shape index (κ2) is 6.00. The first-order chi connectivity index (χ1) is 8.45. The van der Waals surface area contributed by atoms with Gasteiger partial charge in [-0.25, -0.2) is 0 Å². The molecule has 0 saturated carbocycles. The summed E-state index contributed by atoms with van der Waals surface area (Å²) < 4.78 is 0. The summed E-state index contributed by atoms with van der Waals surface area (Å²) in [5, 5.41) is 19.4. The fraction of sp³-hybridized carbons (Fsp3) is 0.417. The SMILES string of the molecule is CCN(CCC(=O)O)c1ccc([N+](=O)[O-])c(C)c1. The molecule has 98 valence electrons. The van der Waals surface area contributed by atoms with Crippen LogP contribution in [0.25, 0.3) is 0 Å². The van der Waals surface area contributed by atoms with E-state index in [0.29, 0.717) is 18.7 Å². The van der Waals surface area contributed by atoms with Crippen molar-refractivity contribution in [2.24, 2.45) is 0 Å². The van der Waals surface area contributed by atoms with Gasteiger partial charge in [-0.3, -0.25) is 14.9 Å². The van der Waals surface area contributed by atoms with Crippen molar-refractivity contribution in [2.75, 3.05) is 18.0 Å². The molecule has 0 unspecified atom stereocenters. The molecule has 0 atom stereocenters. The van der Waals surface area contributed by atoms with E-state index >= 15 is 0 Å². The van der Waals surface area contributed by atoms with Gasteiger partial charge in [-0.05, 0) is 26.0 Å². The predicted octanol–water partition coefficient (Wildman–Crippen LogP) is 2.20. The number of carboxylic acids is 1. The molecule has 0 aromatic heterocycles. The van der Waals surface area contributed by atoms with Gasteiger partial charge in [-0.2, -0.15) is 0 Å². The maximum atomic E-state index is 10.7. The molecule has 0 radical (unpaired) electrons. The number of carboxylic acid groups (broad SMARTS) is 1. The van der Waals surface area contributed by atoms with E-state index in [1.807, 2.05) is 11.8 Å². The van der Waals surface area contributed by atoms with Crippen molar-refractivity contribution < 1.29 is 14.8 Å². The molecule has 0 amide bonds. The number of rotatable bonds is 6. The fourth-order valence-electron chi connectivity index (χ4n) is 1.74. The highest BCUT2D eigenvalue weighted by molar-refractivity contribution is 5.68. The standard InChI is InChI=1S/C12H16N2O4/c1-3-13(7-6-12(15)16)10-4-5-11(14(17)18)9(2)8-10/h4-5,8H,3,6-7H2,1-2H3,(H,15,16). The second-order valence-electron chi connectivity index (χ2n) is 3.95. The minimum atomic E-state index is -0.855. The van der Waals surface area contributed by atoms with E-state index < -0.39 is 10.9 Å². The number of hydrogen-bond acceptors (Lipinski definition) is 4. The van der Waals surface area contributed by atoms with Crippen LogP contribution in [-0.4, -0.2) is 29.1 Å². The highest BCUT2D eigenvalue weighted by atomic mass is 16.6. The van der Waals surface area contributed by atoms with Gasteiger partial charge in [0.2, 0.25) is 0 Å². The summed E-state index contributed by atoms with van der Waals surface area (Å²) in [6.07, 6.45) is 0.0455. The molecule has 0 aliphatic carbocycles. The summed E-state index contributed by atoms with van der Waals surface area (Å²) >= 11 is 0. The molecule has 18 heavy (non-hydrogen) atoms. The maximum absolute atomic E-state index is 10.7. The molecule has 0 aliphatic heterocycles. The summed E-state index contributed by atoms with van der Waals surface area (Å²) in [4.78, 5) is 22.7. The normalized spacial score (nSPS) is 10.1. The van der Waals surface area contributed by atoms with Crippen LogP contribution in [0.5, 0.6) is 0 Å². The Kier molecular flexibility index (Phi) is 4.65. The van der Waals surface area contributed by atoms with Crippen LogP contribution in [0.2, 0.25) is 0 Å². The Morgan fingerprint density at radius 1 is 1.50 bits per heavy atom. The highest BCUT2D eigenvalue weighted by Gasteiger charge is 2.13. The minimum Gasteiger partial charge on any atom is -0.481 e. The Morgan fingerprint density at radius 2 is 2.17 bits per heavy atom. The van der Waals surface area contributed by atoms with Gasteiger partial charge >= 0.3 is 5.97 Å². The van der Waals surface area contributed by atoms with Gasteiger partial charge in [0.1, 0.15) is 0 Å². The Hall–Kier alpha value is -2.11. The average molecular weight is 252 g/mol. The molecule has 0 saturated heterocycles. The summed E-state index contributed by atoms with van der Waals surface area (Å²) in [5.41, 5.74) is 1.46. The Labute approximate surface area is 105 Å². The number of hydrogen-bond donors (Lipinski definition) is 1. The maximum Gasteiger partial charge on any atom is 0.305 e. The summed E-state index contributed by atoms with van der Waals surface area (Å²) in [6.45, 7) is 4.64. The van der Waals surface area contributed by atoms with Crippen LogP contribution in [0.4, 0.5) is 11.4 Å². The van der Waals surface area contributed by atoms with E-state index in [9.17, 15) is 14.9 Å². The van der Waals surface area contributed by atoms with Gasteiger partial charge < -0.3 is 10.0 Å². The van der Waals surface area contributed by atoms with Gasteiger partial charge in [0, 0.05) is 30.4 Å². The van der Waals surface area contributed by atoms with Crippen LogP contribution in [0.1, 0.15) is 18.9 Å². The van der Waals surface area contributed by atoms with Crippen LogP contribution in [-0.2, 0) is 4.79 Å². The monoisotopic (exact) mass is 252 g/mol. The summed E-state index contributed by atoms with van der Waals surface area (Å²) in [5.74, 6) is -0.855. The van der Waals surface area contributed by atoms with E-state index in [1.54, 1.807) is 19.1 Å². The number of nitrogens with zero attached hydrogens (tertiary/aromatic N) is 2. The number of anilines is 1. The topological polar surface area (TPSA) is 83.7 Å². The highest BCUT2D eigenvalue weighted by Crippen LogP contribution is 2.24. The number of aliphatic carboxylic acids is 1. The zero-order chi connectivity index (χ0) is 13.7. The van der Waals surface area contributed by atoms with Crippen molar-refractivity contribution in [2.45, 2.75) is 20.3 Å². The minimum absolute atomic E-state index is 0.0455.